The molecular weight excluding hydrogens is 276 g/mol. The van der Waals surface area contributed by atoms with Crippen LogP contribution in [0.3, 0.4) is 0 Å². The highest BCUT2D eigenvalue weighted by Crippen LogP contribution is 2.28. The molecule has 2 rings (SSSR count). The Morgan fingerprint density at radius 3 is 2.48 bits per heavy atom. The number of aromatic nitrogens is 2. The number of benzene rings is 1. The summed E-state index contributed by atoms with van der Waals surface area (Å²) >= 11 is 0. The average Bonchev–Trinajstić information content (AvgIpc) is 2.85. The molecule has 1 heterocycles. The van der Waals surface area contributed by atoms with E-state index in [4.69, 9.17) is 0 Å². The van der Waals surface area contributed by atoms with Crippen molar-refractivity contribution in [2.45, 2.75) is 32.5 Å². The molecule has 114 valence electrons. The van der Waals surface area contributed by atoms with Crippen molar-refractivity contribution in [1.29, 1.82) is 0 Å². The number of ether oxygens (including phenoxy) is 1. The van der Waals surface area contributed by atoms with Gasteiger partial charge in [0.1, 0.15) is 5.75 Å². The van der Waals surface area contributed by atoms with Crippen LogP contribution in [0.4, 0.5) is 8.78 Å². The highest BCUT2D eigenvalue weighted by Gasteiger charge is 2.18. The standard InChI is InChI=1S/C15H19F2N3O/c1-10(19-11(2)13-8-9-18-20(13)3)12-6-4-5-7-14(12)21-15(16)17/h4-11,15,19H,1-3H3. The van der Waals surface area contributed by atoms with Gasteiger partial charge in [0.15, 0.2) is 0 Å². The molecule has 0 fully saturated rings. The minimum Gasteiger partial charge on any atom is -0.434 e. The molecule has 0 saturated heterocycles. The van der Waals surface area contributed by atoms with Gasteiger partial charge in [0.2, 0.25) is 0 Å². The summed E-state index contributed by atoms with van der Waals surface area (Å²) in [5, 5.41) is 7.49. The molecule has 1 aromatic carbocycles. The predicted octanol–water partition coefficient (Wildman–Crippen LogP) is 3.43. The van der Waals surface area contributed by atoms with Crippen molar-refractivity contribution in [3.05, 3.63) is 47.8 Å². The summed E-state index contributed by atoms with van der Waals surface area (Å²) in [5.41, 5.74) is 1.72. The van der Waals surface area contributed by atoms with Crippen LogP contribution in [0.2, 0.25) is 0 Å². The first-order chi connectivity index (χ1) is 9.99. The van der Waals surface area contributed by atoms with E-state index in [1.165, 1.54) is 0 Å². The Labute approximate surface area is 122 Å². The van der Waals surface area contributed by atoms with Crippen LogP contribution in [-0.2, 0) is 7.05 Å². The van der Waals surface area contributed by atoms with Gasteiger partial charge in [-0.3, -0.25) is 4.68 Å². The van der Waals surface area contributed by atoms with Gasteiger partial charge in [-0.25, -0.2) is 0 Å². The van der Waals surface area contributed by atoms with E-state index in [2.05, 4.69) is 15.2 Å². The van der Waals surface area contributed by atoms with Gasteiger partial charge in [-0.15, -0.1) is 0 Å². The van der Waals surface area contributed by atoms with E-state index in [1.807, 2.05) is 27.0 Å². The van der Waals surface area contributed by atoms with Crippen LogP contribution in [0.1, 0.15) is 37.2 Å². The van der Waals surface area contributed by atoms with Gasteiger partial charge in [-0.2, -0.15) is 13.9 Å². The molecule has 2 atom stereocenters. The molecule has 0 spiro atoms. The number of alkyl halides is 2. The lowest BCUT2D eigenvalue weighted by molar-refractivity contribution is -0.0506. The third kappa shape index (κ3) is 3.78. The lowest BCUT2D eigenvalue weighted by atomic mass is 10.1. The van der Waals surface area contributed by atoms with E-state index in [0.29, 0.717) is 5.56 Å². The van der Waals surface area contributed by atoms with E-state index in [1.54, 1.807) is 35.1 Å². The zero-order chi connectivity index (χ0) is 15.4. The fraction of sp³-hybridized carbons (Fsp3) is 0.400. The zero-order valence-corrected chi connectivity index (χ0v) is 12.3. The predicted molar refractivity (Wildman–Crippen MR) is 76.2 cm³/mol. The Hall–Kier alpha value is -1.95. The number of aryl methyl sites for hydroxylation is 1. The number of nitrogens with zero attached hydrogens (tertiary/aromatic N) is 2. The molecule has 6 heteroatoms. The maximum atomic E-state index is 12.4. The molecule has 0 aliphatic rings. The minimum atomic E-state index is -2.83. The van der Waals surface area contributed by atoms with Crippen LogP contribution in [-0.4, -0.2) is 16.4 Å². The lowest BCUT2D eigenvalue weighted by Crippen LogP contribution is -2.24. The van der Waals surface area contributed by atoms with Crippen LogP contribution in [0.25, 0.3) is 0 Å². The number of rotatable bonds is 6. The van der Waals surface area contributed by atoms with E-state index in [-0.39, 0.29) is 17.8 Å². The summed E-state index contributed by atoms with van der Waals surface area (Å²) in [4.78, 5) is 0. The van der Waals surface area contributed by atoms with Crippen molar-refractivity contribution >= 4 is 0 Å². The summed E-state index contributed by atoms with van der Waals surface area (Å²) in [7, 11) is 1.87. The molecule has 0 aliphatic carbocycles. The molecule has 21 heavy (non-hydrogen) atoms. The molecule has 0 aliphatic heterocycles. The maximum Gasteiger partial charge on any atom is 0.387 e. The van der Waals surface area contributed by atoms with Crippen molar-refractivity contribution in [2.75, 3.05) is 0 Å². The Morgan fingerprint density at radius 2 is 1.86 bits per heavy atom. The first-order valence-electron chi connectivity index (χ1n) is 6.76. The van der Waals surface area contributed by atoms with Gasteiger partial charge < -0.3 is 10.1 Å². The van der Waals surface area contributed by atoms with Gasteiger partial charge in [-0.05, 0) is 26.0 Å². The number of hydrogen-bond acceptors (Lipinski definition) is 3. The Morgan fingerprint density at radius 1 is 1.14 bits per heavy atom. The fourth-order valence-corrected chi connectivity index (χ4v) is 2.40. The van der Waals surface area contributed by atoms with Gasteiger partial charge >= 0.3 is 6.61 Å². The summed E-state index contributed by atoms with van der Waals surface area (Å²) < 4.78 is 31.3. The second-order valence-corrected chi connectivity index (χ2v) is 4.91. The van der Waals surface area contributed by atoms with Crippen molar-refractivity contribution in [2.24, 2.45) is 7.05 Å². The van der Waals surface area contributed by atoms with Gasteiger partial charge in [0.05, 0.1) is 5.69 Å². The normalized spacial score (nSPS) is 14.2. The molecule has 2 unspecified atom stereocenters. The Bertz CT molecular complexity index is 586. The summed E-state index contributed by atoms with van der Waals surface area (Å²) in [6.45, 7) is 1.10. The van der Waals surface area contributed by atoms with Crippen molar-refractivity contribution in [1.82, 2.24) is 15.1 Å². The number of para-hydroxylation sites is 1. The van der Waals surface area contributed by atoms with Crippen molar-refractivity contribution in [3.63, 3.8) is 0 Å². The molecular formula is C15H19F2N3O. The van der Waals surface area contributed by atoms with Crippen LogP contribution in [0.15, 0.2) is 36.5 Å². The van der Waals surface area contributed by atoms with Crippen LogP contribution in [0.5, 0.6) is 5.75 Å². The molecule has 4 nitrogen and oxygen atoms in total. The number of hydrogen-bond donors (Lipinski definition) is 1. The minimum absolute atomic E-state index is 0.0344. The Balaban J connectivity index is 2.13. The maximum absolute atomic E-state index is 12.4. The number of halogens is 2. The molecule has 0 saturated carbocycles. The van der Waals surface area contributed by atoms with E-state index < -0.39 is 6.61 Å². The molecule has 0 bridgehead atoms. The van der Waals surface area contributed by atoms with E-state index in [9.17, 15) is 8.78 Å². The topological polar surface area (TPSA) is 39.1 Å². The fourth-order valence-electron chi connectivity index (χ4n) is 2.40. The van der Waals surface area contributed by atoms with Gasteiger partial charge in [0.25, 0.3) is 0 Å². The average molecular weight is 295 g/mol. The van der Waals surface area contributed by atoms with Crippen molar-refractivity contribution < 1.29 is 13.5 Å². The molecule has 2 aromatic rings. The molecule has 0 amide bonds. The quantitative estimate of drug-likeness (QED) is 0.887. The zero-order valence-electron chi connectivity index (χ0n) is 12.3. The highest BCUT2D eigenvalue weighted by molar-refractivity contribution is 5.35. The second-order valence-electron chi connectivity index (χ2n) is 4.91. The first-order valence-corrected chi connectivity index (χ1v) is 6.76. The van der Waals surface area contributed by atoms with E-state index >= 15 is 0 Å². The smallest absolute Gasteiger partial charge is 0.387 e. The van der Waals surface area contributed by atoms with Crippen molar-refractivity contribution in [3.8, 4) is 5.75 Å². The summed E-state index contributed by atoms with van der Waals surface area (Å²) in [6.07, 6.45) is 1.73. The third-order valence-electron chi connectivity index (χ3n) is 3.40. The van der Waals surface area contributed by atoms with Gasteiger partial charge in [-0.1, -0.05) is 18.2 Å². The summed E-state index contributed by atoms with van der Waals surface area (Å²) in [6, 6.07) is 8.64. The SMILES string of the molecule is CC(NC(C)c1ccnn1C)c1ccccc1OC(F)F. The monoisotopic (exact) mass is 295 g/mol. The Kier molecular flexibility index (Phi) is 4.90. The van der Waals surface area contributed by atoms with Crippen LogP contribution < -0.4 is 10.1 Å². The lowest BCUT2D eigenvalue weighted by Gasteiger charge is -2.22. The largest absolute Gasteiger partial charge is 0.434 e. The second kappa shape index (κ2) is 6.67. The van der Waals surface area contributed by atoms with Crippen LogP contribution >= 0.6 is 0 Å². The molecule has 1 N–H and O–H groups in total. The molecule has 1 aromatic heterocycles. The highest BCUT2D eigenvalue weighted by atomic mass is 19.3. The van der Waals surface area contributed by atoms with Crippen LogP contribution in [0, 0.1) is 0 Å². The summed E-state index contributed by atoms with van der Waals surface area (Å²) in [5.74, 6) is 0.199. The third-order valence-corrected chi connectivity index (χ3v) is 3.40. The van der Waals surface area contributed by atoms with Gasteiger partial charge in [0, 0.05) is 30.9 Å². The first kappa shape index (κ1) is 15.4. The van der Waals surface area contributed by atoms with E-state index in [0.717, 1.165) is 5.69 Å². The number of nitrogens with one attached hydrogen (secondary N) is 1. The molecule has 0 radical (unpaired) electrons.